The summed E-state index contributed by atoms with van der Waals surface area (Å²) in [6.07, 6.45) is 5.59. The van der Waals surface area contributed by atoms with Crippen LogP contribution < -0.4 is 0 Å². The molecule has 0 saturated heterocycles. The summed E-state index contributed by atoms with van der Waals surface area (Å²) in [5.41, 5.74) is 0. The molecule has 0 N–H and O–H groups in total. The molecule has 0 aromatic heterocycles. The molecule has 0 aliphatic rings. The van der Waals surface area contributed by atoms with Gasteiger partial charge >= 0.3 is 93.5 Å². The largest absolute Gasteiger partial charge is 2.00 e. The number of hydrogen-bond donors (Lipinski definition) is 0. The van der Waals surface area contributed by atoms with Crippen molar-refractivity contribution in [3.63, 3.8) is 0 Å². The SMILES string of the molecule is CCC[CH2][Sn+].CCC[CH2][Sn+].[O-2]. The Balaban J connectivity index is -0.000000107. The predicted molar refractivity (Wildman–Crippen MR) is 51.6 cm³/mol. The van der Waals surface area contributed by atoms with Crippen LogP contribution in [0.15, 0.2) is 0 Å². The van der Waals surface area contributed by atoms with Crippen LogP contribution in [0.25, 0.3) is 0 Å². The molecule has 0 amide bonds. The first-order valence-corrected chi connectivity index (χ1v) is 8.16. The Bertz CT molecular complexity index is 33.1. The normalized spacial score (nSPS) is 7.45. The third-order valence-corrected chi connectivity index (χ3v) is 3.08. The van der Waals surface area contributed by atoms with Gasteiger partial charge in [0.15, 0.2) is 0 Å². The summed E-state index contributed by atoms with van der Waals surface area (Å²) in [6.45, 7) is 4.45. The van der Waals surface area contributed by atoms with Crippen LogP contribution in [0.1, 0.15) is 39.5 Å². The summed E-state index contributed by atoms with van der Waals surface area (Å²) in [6, 6.07) is 0. The Morgan fingerprint density at radius 1 is 0.818 bits per heavy atom. The maximum Gasteiger partial charge on any atom is -2.00 e. The Kier molecular flexibility index (Phi) is 37.7. The average Bonchev–Trinajstić information content (AvgIpc) is 1.93. The molecule has 0 spiro atoms. The van der Waals surface area contributed by atoms with Crippen LogP contribution in [0, 0.1) is 0 Å². The quantitative estimate of drug-likeness (QED) is 0.684. The Morgan fingerprint density at radius 2 is 1.09 bits per heavy atom. The molecule has 0 aliphatic carbocycles. The second kappa shape index (κ2) is 22.6. The molecule has 64 valence electrons. The zero-order chi connectivity index (χ0) is 8.24. The van der Waals surface area contributed by atoms with E-state index in [1.807, 2.05) is 0 Å². The van der Waals surface area contributed by atoms with E-state index in [-0.39, 0.29) is 5.48 Å². The fourth-order valence-corrected chi connectivity index (χ4v) is 2.37. The van der Waals surface area contributed by atoms with Crippen molar-refractivity contribution in [3.8, 4) is 0 Å². The molecule has 0 atom stereocenters. The maximum atomic E-state index is 2.23. The van der Waals surface area contributed by atoms with Crippen molar-refractivity contribution >= 4 is 45.0 Å². The van der Waals surface area contributed by atoms with Crippen LogP contribution in [-0.4, -0.2) is 45.0 Å². The molecule has 11 heavy (non-hydrogen) atoms. The van der Waals surface area contributed by atoms with E-state index in [0.717, 1.165) is 0 Å². The fourth-order valence-electron chi connectivity index (χ4n) is 0.354. The van der Waals surface area contributed by atoms with Gasteiger partial charge in [-0.05, 0) is 0 Å². The van der Waals surface area contributed by atoms with Gasteiger partial charge < -0.3 is 5.48 Å². The van der Waals surface area contributed by atoms with Gasteiger partial charge in [-0.15, -0.1) is 0 Å². The molecule has 0 aromatic carbocycles. The first-order chi connectivity index (χ1) is 4.83. The van der Waals surface area contributed by atoms with Gasteiger partial charge in [-0.25, -0.2) is 0 Å². The molecule has 0 saturated carbocycles. The van der Waals surface area contributed by atoms with E-state index in [9.17, 15) is 0 Å². The van der Waals surface area contributed by atoms with Crippen molar-refractivity contribution in [1.82, 2.24) is 0 Å². The second-order valence-electron chi connectivity index (χ2n) is 2.21. The van der Waals surface area contributed by atoms with Gasteiger partial charge in [0, 0.05) is 0 Å². The molecule has 0 aromatic rings. The summed E-state index contributed by atoms with van der Waals surface area (Å²) in [5, 5.41) is 0. The van der Waals surface area contributed by atoms with E-state index >= 15 is 0 Å². The van der Waals surface area contributed by atoms with Crippen LogP contribution in [0.4, 0.5) is 0 Å². The molecule has 0 rings (SSSR count). The third kappa shape index (κ3) is 34.2. The van der Waals surface area contributed by atoms with E-state index < -0.39 is 0 Å². The standard InChI is InChI=1S/2C4H9.O.2Sn/c2*1-3-4-2;;;/h2*1,3-4H2,2H3;;;/q;;-2;2*+1. The van der Waals surface area contributed by atoms with Crippen LogP contribution in [0.5, 0.6) is 0 Å². The molecule has 1 nitrogen and oxygen atoms in total. The summed E-state index contributed by atoms with van der Waals surface area (Å²) in [5.74, 6) is 0. The van der Waals surface area contributed by atoms with Gasteiger partial charge in [-0.3, -0.25) is 0 Å². The summed E-state index contributed by atoms with van der Waals surface area (Å²) < 4.78 is 2.87. The average molecular weight is 368 g/mol. The van der Waals surface area contributed by atoms with E-state index in [1.165, 1.54) is 34.6 Å². The Labute approximate surface area is 98.2 Å². The molecule has 0 heterocycles. The molecule has 0 aliphatic heterocycles. The molecular formula is C8H18OSn2. The molecular weight excluding hydrogens is 350 g/mol. The molecule has 0 bridgehead atoms. The summed E-state index contributed by atoms with van der Waals surface area (Å²) in [4.78, 5) is 0. The monoisotopic (exact) mass is 370 g/mol. The first-order valence-electron chi connectivity index (χ1n) is 4.12. The van der Waals surface area contributed by atoms with Crippen LogP contribution >= 0.6 is 0 Å². The summed E-state index contributed by atoms with van der Waals surface area (Å²) in [7, 11) is 0. The number of unbranched alkanes of at least 4 members (excludes halogenated alkanes) is 2. The topological polar surface area (TPSA) is 28.5 Å². The van der Waals surface area contributed by atoms with Crippen molar-refractivity contribution < 1.29 is 5.48 Å². The van der Waals surface area contributed by atoms with E-state index in [1.54, 1.807) is 45.0 Å². The van der Waals surface area contributed by atoms with Crippen LogP contribution in [0.3, 0.4) is 0 Å². The van der Waals surface area contributed by atoms with Crippen molar-refractivity contribution in [2.45, 2.75) is 48.4 Å². The molecule has 3 heteroatoms. The minimum atomic E-state index is 0. The van der Waals surface area contributed by atoms with Crippen molar-refractivity contribution in [2.24, 2.45) is 0 Å². The first kappa shape index (κ1) is 18.4. The van der Waals surface area contributed by atoms with Gasteiger partial charge in [0.2, 0.25) is 0 Å². The van der Waals surface area contributed by atoms with Gasteiger partial charge in [-0.2, -0.15) is 0 Å². The van der Waals surface area contributed by atoms with Gasteiger partial charge in [-0.1, -0.05) is 0 Å². The van der Waals surface area contributed by atoms with E-state index in [2.05, 4.69) is 13.8 Å². The van der Waals surface area contributed by atoms with Crippen molar-refractivity contribution in [2.75, 3.05) is 0 Å². The minimum Gasteiger partial charge on any atom is -2.00 e. The predicted octanol–water partition coefficient (Wildman–Crippen LogP) is 2.63. The van der Waals surface area contributed by atoms with E-state index in [0.29, 0.717) is 0 Å². The number of rotatable bonds is 4. The van der Waals surface area contributed by atoms with Crippen LogP contribution in [0.2, 0.25) is 8.87 Å². The summed E-state index contributed by atoms with van der Waals surface area (Å²) >= 11 is 3.37. The van der Waals surface area contributed by atoms with Gasteiger partial charge in [0.05, 0.1) is 0 Å². The molecule has 4 radical (unpaired) electrons. The van der Waals surface area contributed by atoms with E-state index in [4.69, 9.17) is 0 Å². The van der Waals surface area contributed by atoms with Crippen molar-refractivity contribution in [3.05, 3.63) is 0 Å². The maximum absolute atomic E-state index is 2.23. The fraction of sp³-hybridized carbons (Fsp3) is 1.00. The van der Waals surface area contributed by atoms with Gasteiger partial charge in [0.25, 0.3) is 0 Å². The Morgan fingerprint density at radius 3 is 1.09 bits per heavy atom. The zero-order valence-corrected chi connectivity index (χ0v) is 13.4. The third-order valence-electron chi connectivity index (χ3n) is 1.06. The Hall–Kier alpha value is 1.56. The minimum absolute atomic E-state index is 0. The second-order valence-corrected chi connectivity index (χ2v) is 5.06. The van der Waals surface area contributed by atoms with Crippen molar-refractivity contribution in [1.29, 1.82) is 0 Å². The zero-order valence-electron chi connectivity index (χ0n) is 7.65. The molecule has 0 fully saturated rings. The smallest absolute Gasteiger partial charge is 2.00 e. The van der Waals surface area contributed by atoms with Crippen LogP contribution in [-0.2, 0) is 5.48 Å². The van der Waals surface area contributed by atoms with Gasteiger partial charge in [0.1, 0.15) is 0 Å². The molecule has 0 unspecified atom stereocenters. The number of hydrogen-bond acceptors (Lipinski definition) is 0.